The molecule has 1 aliphatic heterocycles. The maximum atomic E-state index is 11.9. The molecule has 0 atom stereocenters. The number of nitrogen functional groups attached to an aromatic ring is 1. The van der Waals surface area contributed by atoms with Gasteiger partial charge < -0.3 is 5.73 Å². The van der Waals surface area contributed by atoms with Gasteiger partial charge in [0.25, 0.3) is 5.56 Å². The van der Waals surface area contributed by atoms with Crippen LogP contribution in [0.4, 0.5) is 5.95 Å². The Bertz CT molecular complexity index is 694. The summed E-state index contributed by atoms with van der Waals surface area (Å²) in [6, 6.07) is 2.12. The summed E-state index contributed by atoms with van der Waals surface area (Å²) in [5.41, 5.74) is 9.30. The molecule has 0 amide bonds. The van der Waals surface area contributed by atoms with E-state index in [1.807, 2.05) is 19.3 Å². The summed E-state index contributed by atoms with van der Waals surface area (Å²) in [5.74, 6) is 0.199. The number of anilines is 1. The first-order chi connectivity index (χ1) is 9.61. The lowest BCUT2D eigenvalue weighted by Gasteiger charge is -2.27. The van der Waals surface area contributed by atoms with Crippen LogP contribution in [0.15, 0.2) is 23.3 Å². The molecule has 0 aromatic carbocycles. The van der Waals surface area contributed by atoms with Crippen molar-refractivity contribution in [2.45, 2.75) is 26.4 Å². The van der Waals surface area contributed by atoms with Gasteiger partial charge in [0.1, 0.15) is 0 Å². The summed E-state index contributed by atoms with van der Waals surface area (Å²) < 4.78 is 0. The Morgan fingerprint density at radius 2 is 2.30 bits per heavy atom. The monoisotopic (exact) mass is 271 g/mol. The van der Waals surface area contributed by atoms with E-state index in [0.29, 0.717) is 6.54 Å². The lowest BCUT2D eigenvalue weighted by atomic mass is 10.1. The first-order valence-corrected chi connectivity index (χ1v) is 6.62. The van der Waals surface area contributed by atoms with E-state index in [4.69, 9.17) is 5.73 Å². The first kappa shape index (κ1) is 12.8. The van der Waals surface area contributed by atoms with E-state index in [2.05, 4.69) is 25.9 Å². The normalized spacial score (nSPS) is 15.1. The summed E-state index contributed by atoms with van der Waals surface area (Å²) >= 11 is 0. The summed E-state index contributed by atoms with van der Waals surface area (Å²) in [7, 11) is 0. The number of hydrogen-bond donors (Lipinski definition) is 2. The number of nitrogens with one attached hydrogen (secondary N) is 1. The van der Waals surface area contributed by atoms with Gasteiger partial charge in [-0.1, -0.05) is 6.07 Å². The highest BCUT2D eigenvalue weighted by atomic mass is 16.1. The summed E-state index contributed by atoms with van der Waals surface area (Å²) in [6.07, 6.45) is 4.46. The number of rotatable bonds is 2. The Morgan fingerprint density at radius 1 is 1.45 bits per heavy atom. The van der Waals surface area contributed by atoms with E-state index >= 15 is 0 Å². The summed E-state index contributed by atoms with van der Waals surface area (Å²) in [6.45, 7) is 4.29. The van der Waals surface area contributed by atoms with Crippen LogP contribution in [0.5, 0.6) is 0 Å². The number of aryl methyl sites for hydroxylation is 1. The minimum Gasteiger partial charge on any atom is -0.369 e. The number of nitrogens with two attached hydrogens (primary N) is 1. The Balaban J connectivity index is 1.81. The van der Waals surface area contributed by atoms with Crippen LogP contribution >= 0.6 is 0 Å². The predicted molar refractivity (Wildman–Crippen MR) is 76.1 cm³/mol. The minimum absolute atomic E-state index is 0.125. The number of pyridine rings is 1. The van der Waals surface area contributed by atoms with Crippen LogP contribution < -0.4 is 11.3 Å². The van der Waals surface area contributed by atoms with Crippen molar-refractivity contribution < 1.29 is 0 Å². The van der Waals surface area contributed by atoms with Crippen molar-refractivity contribution in [3.05, 3.63) is 51.2 Å². The number of aromatic nitrogens is 3. The topological polar surface area (TPSA) is 87.9 Å². The largest absolute Gasteiger partial charge is 0.369 e. The van der Waals surface area contributed by atoms with Crippen molar-refractivity contribution in [2.75, 3.05) is 12.3 Å². The third-order valence-corrected chi connectivity index (χ3v) is 3.50. The molecule has 6 heteroatoms. The summed E-state index contributed by atoms with van der Waals surface area (Å²) in [5, 5.41) is 0. The van der Waals surface area contributed by atoms with Crippen LogP contribution in [0.25, 0.3) is 0 Å². The Labute approximate surface area is 116 Å². The van der Waals surface area contributed by atoms with Crippen LogP contribution in [0.3, 0.4) is 0 Å². The molecule has 104 valence electrons. The lowest BCUT2D eigenvalue weighted by molar-refractivity contribution is 0.241. The van der Waals surface area contributed by atoms with E-state index in [-0.39, 0.29) is 11.5 Å². The number of nitrogens with zero attached hydrogens (tertiary/aromatic N) is 3. The smallest absolute Gasteiger partial charge is 0.257 e. The molecule has 2 aromatic rings. The van der Waals surface area contributed by atoms with Gasteiger partial charge >= 0.3 is 0 Å². The number of H-pyrrole nitrogens is 1. The molecular weight excluding hydrogens is 254 g/mol. The van der Waals surface area contributed by atoms with Gasteiger partial charge in [0.05, 0.1) is 11.3 Å². The molecule has 3 rings (SSSR count). The van der Waals surface area contributed by atoms with Crippen molar-refractivity contribution in [1.82, 2.24) is 19.9 Å². The van der Waals surface area contributed by atoms with Crippen molar-refractivity contribution in [2.24, 2.45) is 0 Å². The van der Waals surface area contributed by atoms with Gasteiger partial charge in [-0.2, -0.15) is 0 Å². The Morgan fingerprint density at radius 3 is 3.10 bits per heavy atom. The average Bonchev–Trinajstić information content (AvgIpc) is 2.39. The molecule has 0 fully saturated rings. The molecule has 0 unspecified atom stereocenters. The maximum Gasteiger partial charge on any atom is 0.257 e. The zero-order valence-electron chi connectivity index (χ0n) is 11.4. The predicted octanol–water partition coefficient (Wildman–Crippen LogP) is 0.614. The summed E-state index contributed by atoms with van der Waals surface area (Å²) in [4.78, 5) is 25.1. The molecule has 0 saturated heterocycles. The molecule has 1 aliphatic rings. The molecule has 0 radical (unpaired) electrons. The lowest BCUT2D eigenvalue weighted by Crippen LogP contribution is -2.35. The Hall–Kier alpha value is -2.21. The molecule has 0 bridgehead atoms. The fraction of sp³-hybridized carbons (Fsp3) is 0.357. The fourth-order valence-electron chi connectivity index (χ4n) is 2.60. The van der Waals surface area contributed by atoms with E-state index in [0.717, 1.165) is 41.9 Å². The van der Waals surface area contributed by atoms with Crippen LogP contribution in [0, 0.1) is 6.92 Å². The Kier molecular flexibility index (Phi) is 3.23. The third-order valence-electron chi connectivity index (χ3n) is 3.50. The number of hydrogen-bond acceptors (Lipinski definition) is 5. The van der Waals surface area contributed by atoms with Crippen LogP contribution in [-0.2, 0) is 19.5 Å². The molecular formula is C14H17N5O. The highest BCUT2D eigenvalue weighted by Gasteiger charge is 2.20. The molecule has 20 heavy (non-hydrogen) atoms. The van der Waals surface area contributed by atoms with Crippen LogP contribution in [0.2, 0.25) is 0 Å². The molecule has 0 aliphatic carbocycles. The first-order valence-electron chi connectivity index (χ1n) is 6.62. The van der Waals surface area contributed by atoms with E-state index in [1.54, 1.807) is 0 Å². The molecule has 3 heterocycles. The van der Waals surface area contributed by atoms with Gasteiger partial charge in [-0.15, -0.1) is 0 Å². The number of aromatic amines is 1. The third kappa shape index (κ3) is 2.55. The zero-order valence-corrected chi connectivity index (χ0v) is 11.4. The second-order valence-corrected chi connectivity index (χ2v) is 5.21. The molecule has 2 aromatic heterocycles. The van der Waals surface area contributed by atoms with Crippen molar-refractivity contribution in [1.29, 1.82) is 0 Å². The van der Waals surface area contributed by atoms with Crippen LogP contribution in [-0.4, -0.2) is 26.4 Å². The van der Waals surface area contributed by atoms with Gasteiger partial charge in [0.15, 0.2) is 0 Å². The van der Waals surface area contributed by atoms with Gasteiger partial charge in [-0.25, -0.2) is 4.98 Å². The van der Waals surface area contributed by atoms with E-state index in [1.165, 1.54) is 0 Å². The van der Waals surface area contributed by atoms with Crippen LogP contribution in [0.1, 0.15) is 22.4 Å². The average molecular weight is 271 g/mol. The molecule has 0 spiro atoms. The molecule has 6 nitrogen and oxygen atoms in total. The number of fused-ring (bicyclic) bond motifs is 1. The van der Waals surface area contributed by atoms with Crippen molar-refractivity contribution in [3.8, 4) is 0 Å². The van der Waals surface area contributed by atoms with E-state index < -0.39 is 0 Å². The highest BCUT2D eigenvalue weighted by Crippen LogP contribution is 2.16. The van der Waals surface area contributed by atoms with E-state index in [9.17, 15) is 4.79 Å². The van der Waals surface area contributed by atoms with Crippen molar-refractivity contribution >= 4 is 5.95 Å². The maximum absolute atomic E-state index is 11.9. The van der Waals surface area contributed by atoms with Crippen molar-refractivity contribution in [3.63, 3.8) is 0 Å². The molecule has 0 saturated carbocycles. The van der Waals surface area contributed by atoms with Gasteiger partial charge in [0.2, 0.25) is 5.95 Å². The standard InChI is InChI=1S/C14H17N5O/c1-9-4-10(6-16-5-9)7-19-3-2-12-11(8-19)13(20)18-14(15)17-12/h4-6H,2-3,7-8H2,1H3,(H3,15,17,18,20). The second-order valence-electron chi connectivity index (χ2n) is 5.21. The zero-order chi connectivity index (χ0) is 14.1. The highest BCUT2D eigenvalue weighted by molar-refractivity contribution is 5.27. The van der Waals surface area contributed by atoms with Gasteiger partial charge in [-0.05, 0) is 18.1 Å². The molecule has 3 N–H and O–H groups in total. The SMILES string of the molecule is Cc1cncc(CN2CCc3nc(N)[nH]c(=O)c3C2)c1. The van der Waals surface area contributed by atoms with Gasteiger partial charge in [0, 0.05) is 38.4 Å². The quantitative estimate of drug-likeness (QED) is 0.835. The second kappa shape index (κ2) is 5.05. The minimum atomic E-state index is -0.125. The van der Waals surface area contributed by atoms with Gasteiger partial charge in [-0.3, -0.25) is 19.7 Å². The fourth-order valence-corrected chi connectivity index (χ4v) is 2.60.